The van der Waals surface area contributed by atoms with Crippen molar-refractivity contribution in [2.45, 2.75) is 32.0 Å². The van der Waals surface area contributed by atoms with Crippen LogP contribution in [0.5, 0.6) is 5.75 Å². The van der Waals surface area contributed by atoms with Crippen LogP contribution in [0.1, 0.15) is 24.0 Å². The highest BCUT2D eigenvalue weighted by Crippen LogP contribution is 2.28. The highest BCUT2D eigenvalue weighted by Gasteiger charge is 2.27. The maximum atomic E-state index is 9.30. The first-order valence-electron chi connectivity index (χ1n) is 6.84. The van der Waals surface area contributed by atoms with E-state index in [-0.39, 0.29) is 6.10 Å². The van der Waals surface area contributed by atoms with E-state index in [4.69, 9.17) is 10.5 Å². The average Bonchev–Trinajstić information content (AvgIpc) is 2.36. The Kier molecular flexibility index (Phi) is 4.80. The largest absolute Gasteiger partial charge is 0.496 e. The van der Waals surface area contributed by atoms with E-state index < -0.39 is 0 Å². The van der Waals surface area contributed by atoms with Gasteiger partial charge in [-0.3, -0.25) is 0 Å². The molecule has 0 radical (unpaired) electrons. The third-order valence-electron chi connectivity index (χ3n) is 3.80. The fourth-order valence-corrected chi connectivity index (χ4v) is 2.72. The molecule has 1 aromatic carbocycles. The van der Waals surface area contributed by atoms with Gasteiger partial charge in [0, 0.05) is 25.2 Å². The van der Waals surface area contributed by atoms with E-state index in [1.165, 1.54) is 5.56 Å². The molecule has 0 saturated heterocycles. The molecule has 0 bridgehead atoms. The fraction of sp³-hybridized carbons (Fsp3) is 0.600. The maximum Gasteiger partial charge on any atom is 0.123 e. The van der Waals surface area contributed by atoms with Crippen molar-refractivity contribution in [2.75, 3.05) is 20.7 Å². The van der Waals surface area contributed by atoms with Crippen LogP contribution in [-0.2, 0) is 13.1 Å². The Balaban J connectivity index is 1.91. The molecule has 1 aliphatic carbocycles. The molecular weight excluding hydrogens is 240 g/mol. The lowest BCUT2D eigenvalue weighted by Gasteiger charge is -2.34. The van der Waals surface area contributed by atoms with E-state index in [2.05, 4.69) is 24.1 Å². The zero-order chi connectivity index (χ0) is 13.8. The lowest BCUT2D eigenvalue weighted by Crippen LogP contribution is -2.36. The minimum atomic E-state index is -0.0673. The number of nitrogens with zero attached hydrogens (tertiary/aromatic N) is 1. The van der Waals surface area contributed by atoms with Crippen LogP contribution in [0.3, 0.4) is 0 Å². The first kappa shape index (κ1) is 14.3. The summed E-state index contributed by atoms with van der Waals surface area (Å²) in [5, 5.41) is 9.30. The van der Waals surface area contributed by atoms with Gasteiger partial charge in [0.15, 0.2) is 0 Å². The summed E-state index contributed by atoms with van der Waals surface area (Å²) >= 11 is 0. The maximum absolute atomic E-state index is 9.30. The Morgan fingerprint density at radius 3 is 2.74 bits per heavy atom. The van der Waals surface area contributed by atoms with E-state index in [1.807, 2.05) is 6.07 Å². The van der Waals surface area contributed by atoms with Crippen molar-refractivity contribution < 1.29 is 9.84 Å². The van der Waals surface area contributed by atoms with Crippen molar-refractivity contribution in [1.29, 1.82) is 0 Å². The molecular formula is C15H24N2O2. The molecule has 1 fully saturated rings. The third-order valence-corrected chi connectivity index (χ3v) is 3.80. The van der Waals surface area contributed by atoms with Gasteiger partial charge in [-0.1, -0.05) is 12.1 Å². The molecule has 4 nitrogen and oxygen atoms in total. The van der Waals surface area contributed by atoms with Crippen molar-refractivity contribution in [3.63, 3.8) is 0 Å². The number of aliphatic hydroxyl groups is 1. The molecule has 1 aliphatic rings. The number of ether oxygens (including phenoxy) is 1. The summed E-state index contributed by atoms with van der Waals surface area (Å²) in [6, 6.07) is 6.21. The second-order valence-corrected chi connectivity index (χ2v) is 5.54. The third kappa shape index (κ3) is 3.69. The summed E-state index contributed by atoms with van der Waals surface area (Å²) in [5.41, 5.74) is 7.94. The van der Waals surface area contributed by atoms with Crippen molar-refractivity contribution in [2.24, 2.45) is 11.7 Å². The molecule has 0 aliphatic heterocycles. The number of benzene rings is 1. The number of rotatable bonds is 6. The number of hydrogen-bond donors (Lipinski definition) is 2. The SMILES string of the molecule is COc1cc(CN(C)CC2CC(O)C2)ccc1CN. The molecule has 0 unspecified atom stereocenters. The Hall–Kier alpha value is -1.10. The van der Waals surface area contributed by atoms with E-state index in [9.17, 15) is 5.11 Å². The molecule has 3 N–H and O–H groups in total. The van der Waals surface area contributed by atoms with Gasteiger partial charge in [-0.2, -0.15) is 0 Å². The number of methoxy groups -OCH3 is 1. The minimum absolute atomic E-state index is 0.0673. The fourth-order valence-electron chi connectivity index (χ4n) is 2.72. The summed E-state index contributed by atoms with van der Waals surface area (Å²) in [4.78, 5) is 2.30. The Morgan fingerprint density at radius 1 is 1.42 bits per heavy atom. The Morgan fingerprint density at radius 2 is 2.16 bits per heavy atom. The van der Waals surface area contributed by atoms with Gasteiger partial charge >= 0.3 is 0 Å². The molecule has 0 amide bonds. The monoisotopic (exact) mass is 264 g/mol. The first-order chi connectivity index (χ1) is 9.12. The van der Waals surface area contributed by atoms with Crippen LogP contribution in [-0.4, -0.2) is 36.8 Å². The van der Waals surface area contributed by atoms with Crippen molar-refractivity contribution in [3.8, 4) is 5.75 Å². The number of aliphatic hydroxyl groups excluding tert-OH is 1. The first-order valence-corrected chi connectivity index (χ1v) is 6.84. The van der Waals surface area contributed by atoms with Crippen LogP contribution < -0.4 is 10.5 Å². The van der Waals surface area contributed by atoms with E-state index in [0.29, 0.717) is 12.5 Å². The molecule has 0 aromatic heterocycles. The van der Waals surface area contributed by atoms with Crippen LogP contribution in [0.25, 0.3) is 0 Å². The molecule has 1 saturated carbocycles. The summed E-state index contributed by atoms with van der Waals surface area (Å²) in [5.74, 6) is 1.51. The molecule has 4 heteroatoms. The smallest absolute Gasteiger partial charge is 0.123 e. The average molecular weight is 264 g/mol. The highest BCUT2D eigenvalue weighted by atomic mass is 16.5. The van der Waals surface area contributed by atoms with Crippen molar-refractivity contribution in [1.82, 2.24) is 4.90 Å². The van der Waals surface area contributed by atoms with E-state index in [1.54, 1.807) is 7.11 Å². The van der Waals surface area contributed by atoms with Crippen molar-refractivity contribution in [3.05, 3.63) is 29.3 Å². The topological polar surface area (TPSA) is 58.7 Å². The molecule has 1 aromatic rings. The van der Waals surface area contributed by atoms with E-state index >= 15 is 0 Å². The van der Waals surface area contributed by atoms with Gasteiger partial charge in [0.05, 0.1) is 13.2 Å². The standard InChI is InChI=1S/C15H24N2O2/c1-17(10-12-5-14(18)6-12)9-11-3-4-13(8-16)15(7-11)19-2/h3-4,7,12,14,18H,5-6,8-10,16H2,1-2H3. The number of nitrogens with two attached hydrogens (primary N) is 1. The predicted molar refractivity (Wildman–Crippen MR) is 76.0 cm³/mol. The zero-order valence-electron chi connectivity index (χ0n) is 11.8. The van der Waals surface area contributed by atoms with Gasteiger partial charge in [0.1, 0.15) is 5.75 Å². The second-order valence-electron chi connectivity index (χ2n) is 5.54. The molecule has 0 heterocycles. The van der Waals surface area contributed by atoms with Gasteiger partial charge in [0.2, 0.25) is 0 Å². The predicted octanol–water partition coefficient (Wildman–Crippen LogP) is 1.36. The van der Waals surface area contributed by atoms with Gasteiger partial charge in [-0.15, -0.1) is 0 Å². The summed E-state index contributed by atoms with van der Waals surface area (Å²) in [6.07, 6.45) is 1.82. The van der Waals surface area contributed by atoms with Crippen LogP contribution in [0.4, 0.5) is 0 Å². The molecule has 106 valence electrons. The molecule has 19 heavy (non-hydrogen) atoms. The van der Waals surface area contributed by atoms with Crippen LogP contribution in [0.2, 0.25) is 0 Å². The summed E-state index contributed by atoms with van der Waals surface area (Å²) in [7, 11) is 3.80. The minimum Gasteiger partial charge on any atom is -0.496 e. The van der Waals surface area contributed by atoms with Crippen LogP contribution in [0.15, 0.2) is 18.2 Å². The normalized spacial score (nSPS) is 22.4. The Bertz CT molecular complexity index is 417. The van der Waals surface area contributed by atoms with Gasteiger partial charge in [0.25, 0.3) is 0 Å². The van der Waals surface area contributed by atoms with Gasteiger partial charge in [-0.05, 0) is 37.4 Å². The van der Waals surface area contributed by atoms with Crippen LogP contribution in [0, 0.1) is 5.92 Å². The molecule has 0 spiro atoms. The Labute approximate surface area is 115 Å². The lowest BCUT2D eigenvalue weighted by molar-refractivity contribution is 0.0274. The van der Waals surface area contributed by atoms with Crippen LogP contribution >= 0.6 is 0 Å². The second kappa shape index (κ2) is 6.37. The van der Waals surface area contributed by atoms with Gasteiger partial charge < -0.3 is 20.5 Å². The van der Waals surface area contributed by atoms with Crippen molar-refractivity contribution >= 4 is 0 Å². The highest BCUT2D eigenvalue weighted by molar-refractivity contribution is 5.37. The van der Waals surface area contributed by atoms with Gasteiger partial charge in [-0.25, -0.2) is 0 Å². The molecule has 0 atom stereocenters. The number of hydrogen-bond acceptors (Lipinski definition) is 4. The quantitative estimate of drug-likeness (QED) is 0.814. The summed E-state index contributed by atoms with van der Waals surface area (Å²) < 4.78 is 5.35. The zero-order valence-corrected chi connectivity index (χ0v) is 11.8. The lowest BCUT2D eigenvalue weighted by atomic mass is 9.82. The molecule has 2 rings (SSSR count). The summed E-state index contributed by atoms with van der Waals surface area (Å²) in [6.45, 7) is 2.44. The van der Waals surface area contributed by atoms with E-state index in [0.717, 1.165) is 37.2 Å².